The maximum Gasteiger partial charge on any atom is 0.193 e. The molecule has 0 bridgehead atoms. The maximum absolute atomic E-state index is 14.0. The molecule has 5 heteroatoms. The van der Waals surface area contributed by atoms with Crippen LogP contribution in [0.25, 0.3) is 5.57 Å². The van der Waals surface area contributed by atoms with Crippen LogP contribution in [-0.2, 0) is 9.59 Å². The smallest absolute Gasteiger partial charge is 0.193 e. The van der Waals surface area contributed by atoms with Gasteiger partial charge in [-0.3, -0.25) is 24.0 Å². The molecule has 276 valence electrons. The largest absolute Gasteiger partial charge is 0.299 e. The van der Waals surface area contributed by atoms with Crippen LogP contribution in [0.2, 0.25) is 0 Å². The van der Waals surface area contributed by atoms with Crippen LogP contribution in [-0.4, -0.2) is 28.9 Å². The van der Waals surface area contributed by atoms with Gasteiger partial charge in [0.2, 0.25) is 0 Å². The van der Waals surface area contributed by atoms with Crippen molar-refractivity contribution in [2.45, 2.75) is 99.8 Å². The first-order valence-corrected chi connectivity index (χ1v) is 19.0. The Hall–Kier alpha value is -5.21. The van der Waals surface area contributed by atoms with Crippen LogP contribution in [0.1, 0.15) is 148 Å². The quantitative estimate of drug-likeness (QED) is 0.0749. The standard InChI is InChI=1S/C46H48O5.C2H6/c1-7-12-13-19-32(17-10-4)26-40(47)30(6)44(49)38-28-35(23-22-33(38)18-11-5)45(50)36-24-25-37-39(29-36)46(51)43(42(37)34-20-14-21-34)41(48)27-31(15-8-2)16-9-3;1-2/h8,10,13,15-17,19,22-25,28-30,43H,4,7,9,12,14,20-21,26-27H2,1-3,5-6H3;1-2H3/b15-8-,19-13-,31-16+,32-17+;. The predicted molar refractivity (Wildman–Crippen MR) is 217 cm³/mol. The van der Waals surface area contributed by atoms with Crippen molar-refractivity contribution in [2.24, 2.45) is 11.8 Å². The fraction of sp³-hybridized carbons (Fsp3) is 0.354. The molecule has 1 saturated carbocycles. The summed E-state index contributed by atoms with van der Waals surface area (Å²) in [6.45, 7) is 17.0. The van der Waals surface area contributed by atoms with Crippen molar-refractivity contribution in [1.82, 2.24) is 0 Å². The number of fused-ring (bicyclic) bond motifs is 1. The molecule has 4 rings (SSSR count). The molecular weight excluding hydrogens is 657 g/mol. The number of allylic oxidation sites excluding steroid dienone is 11. The third-order valence-electron chi connectivity index (χ3n) is 9.45. The van der Waals surface area contributed by atoms with Gasteiger partial charge < -0.3 is 0 Å². The summed E-state index contributed by atoms with van der Waals surface area (Å²) >= 11 is 0. The Bertz CT molecular complexity index is 1960. The van der Waals surface area contributed by atoms with Crippen LogP contribution < -0.4 is 0 Å². The van der Waals surface area contributed by atoms with Gasteiger partial charge in [0.25, 0.3) is 0 Å². The molecule has 0 aliphatic heterocycles. The summed E-state index contributed by atoms with van der Waals surface area (Å²) in [6, 6.07) is 9.81. The summed E-state index contributed by atoms with van der Waals surface area (Å²) in [5, 5.41) is 0. The summed E-state index contributed by atoms with van der Waals surface area (Å²) in [4.78, 5) is 68.9. The van der Waals surface area contributed by atoms with Gasteiger partial charge in [-0.1, -0.05) is 107 Å². The van der Waals surface area contributed by atoms with Crippen molar-refractivity contribution in [3.63, 3.8) is 0 Å². The van der Waals surface area contributed by atoms with Gasteiger partial charge in [0.05, 0.1) is 5.92 Å². The van der Waals surface area contributed by atoms with E-state index in [2.05, 4.69) is 25.3 Å². The monoisotopic (exact) mass is 710 g/mol. The summed E-state index contributed by atoms with van der Waals surface area (Å²) in [7, 11) is 0. The second-order valence-corrected chi connectivity index (χ2v) is 13.1. The second-order valence-electron chi connectivity index (χ2n) is 13.1. The number of carbonyl (C=O) groups excluding carboxylic acids is 5. The van der Waals surface area contributed by atoms with Crippen LogP contribution in [0, 0.1) is 23.7 Å². The minimum atomic E-state index is -0.967. The molecule has 1 fully saturated rings. The third kappa shape index (κ3) is 10.2. The van der Waals surface area contributed by atoms with Crippen LogP contribution >= 0.6 is 0 Å². The molecule has 2 aliphatic rings. The molecule has 0 spiro atoms. The molecule has 2 aromatic rings. The zero-order valence-corrected chi connectivity index (χ0v) is 32.6. The van der Waals surface area contributed by atoms with E-state index in [1.165, 1.54) is 6.07 Å². The van der Waals surface area contributed by atoms with Gasteiger partial charge in [0.1, 0.15) is 11.7 Å². The Morgan fingerprint density at radius 2 is 1.64 bits per heavy atom. The van der Waals surface area contributed by atoms with Gasteiger partial charge >= 0.3 is 0 Å². The first-order chi connectivity index (χ1) is 25.6. The van der Waals surface area contributed by atoms with E-state index >= 15 is 0 Å². The highest BCUT2D eigenvalue weighted by molar-refractivity contribution is 6.26. The first kappa shape index (κ1) is 42.2. The molecule has 2 atom stereocenters. The fourth-order valence-corrected chi connectivity index (χ4v) is 6.63. The lowest BCUT2D eigenvalue weighted by molar-refractivity contribution is -0.120. The number of benzene rings is 2. The molecule has 2 aliphatic carbocycles. The van der Waals surface area contributed by atoms with E-state index < -0.39 is 17.6 Å². The van der Waals surface area contributed by atoms with E-state index in [9.17, 15) is 24.0 Å². The van der Waals surface area contributed by atoms with Gasteiger partial charge in [0.15, 0.2) is 23.1 Å². The van der Waals surface area contributed by atoms with E-state index in [0.717, 1.165) is 66.4 Å². The first-order valence-electron chi connectivity index (χ1n) is 19.0. The number of hydrogen-bond donors (Lipinski definition) is 0. The molecule has 0 N–H and O–H groups in total. The average Bonchev–Trinajstić information content (AvgIpc) is 3.42. The number of hydrogen-bond acceptors (Lipinski definition) is 5. The zero-order chi connectivity index (χ0) is 39.1. The number of carbonyl (C=O) groups is 5. The summed E-state index contributed by atoms with van der Waals surface area (Å²) in [6.07, 6.45) is 18.7. The van der Waals surface area contributed by atoms with Crippen molar-refractivity contribution < 1.29 is 24.0 Å². The number of ketones is 5. The molecule has 2 aromatic carbocycles. The topological polar surface area (TPSA) is 85.3 Å². The Morgan fingerprint density at radius 1 is 0.943 bits per heavy atom. The van der Waals surface area contributed by atoms with Crippen LogP contribution in [0.5, 0.6) is 0 Å². The zero-order valence-electron chi connectivity index (χ0n) is 32.6. The van der Waals surface area contributed by atoms with Crippen molar-refractivity contribution in [3.05, 3.63) is 136 Å². The Kier molecular flexibility index (Phi) is 16.5. The van der Waals surface area contributed by atoms with Gasteiger partial charge in [0, 0.05) is 40.7 Å². The molecule has 0 amide bonds. The second kappa shape index (κ2) is 20.7. The highest BCUT2D eigenvalue weighted by Crippen LogP contribution is 2.46. The van der Waals surface area contributed by atoms with Crippen LogP contribution in [0.4, 0.5) is 0 Å². The van der Waals surface area contributed by atoms with Gasteiger partial charge in [-0.15, -0.1) is 5.92 Å². The average molecular weight is 711 g/mol. The van der Waals surface area contributed by atoms with Crippen molar-refractivity contribution in [3.8, 4) is 11.8 Å². The van der Waals surface area contributed by atoms with E-state index in [0.29, 0.717) is 11.1 Å². The fourth-order valence-electron chi connectivity index (χ4n) is 6.63. The van der Waals surface area contributed by atoms with Crippen LogP contribution in [0.3, 0.4) is 0 Å². The van der Waals surface area contributed by atoms with Crippen molar-refractivity contribution in [1.29, 1.82) is 0 Å². The van der Waals surface area contributed by atoms with Gasteiger partial charge in [-0.05, 0) is 99.4 Å². The molecule has 2 unspecified atom stereocenters. The summed E-state index contributed by atoms with van der Waals surface area (Å²) in [5.74, 6) is 2.46. The van der Waals surface area contributed by atoms with E-state index in [-0.39, 0.29) is 52.7 Å². The lowest BCUT2D eigenvalue weighted by Crippen LogP contribution is -2.23. The highest BCUT2D eigenvalue weighted by Gasteiger charge is 2.42. The molecular formula is C48H54O5. The molecule has 0 heterocycles. The molecule has 5 nitrogen and oxygen atoms in total. The third-order valence-corrected chi connectivity index (χ3v) is 9.45. The SMILES string of the molecule is C=C/C=C(\C=C/CCC)CC(=O)C(C)C(=O)c1cc(C(=O)c2ccc3c(c2)C(=O)C(C(=O)CC(/C=C\C)=C/CC)C3=C2CCC2)ccc1C#CC.CC. The number of unbranched alkanes of at least 4 members (excludes halogenated alkanes) is 1. The Balaban J connectivity index is 0.00000372. The van der Waals surface area contributed by atoms with E-state index in [1.54, 1.807) is 56.3 Å². The van der Waals surface area contributed by atoms with Crippen molar-refractivity contribution >= 4 is 34.5 Å². The molecule has 0 aromatic heterocycles. The molecule has 53 heavy (non-hydrogen) atoms. The minimum absolute atomic E-state index is 0.0723. The van der Waals surface area contributed by atoms with E-state index in [1.807, 2.05) is 58.1 Å². The van der Waals surface area contributed by atoms with E-state index in [4.69, 9.17) is 0 Å². The Morgan fingerprint density at radius 3 is 2.25 bits per heavy atom. The lowest BCUT2D eigenvalue weighted by atomic mass is 9.80. The lowest BCUT2D eigenvalue weighted by Gasteiger charge is -2.23. The normalized spacial score (nSPS) is 16.0. The van der Waals surface area contributed by atoms with Gasteiger partial charge in [-0.25, -0.2) is 0 Å². The van der Waals surface area contributed by atoms with Crippen LogP contribution in [0.15, 0.2) is 102 Å². The predicted octanol–water partition coefficient (Wildman–Crippen LogP) is 11.2. The maximum atomic E-state index is 14.0. The highest BCUT2D eigenvalue weighted by atomic mass is 16.2. The molecule has 0 saturated heterocycles. The Labute approximate surface area is 316 Å². The summed E-state index contributed by atoms with van der Waals surface area (Å²) in [5.41, 5.74) is 5.85. The van der Waals surface area contributed by atoms with Gasteiger partial charge in [-0.2, -0.15) is 0 Å². The number of rotatable bonds is 16. The summed E-state index contributed by atoms with van der Waals surface area (Å²) < 4.78 is 0. The minimum Gasteiger partial charge on any atom is -0.299 e. The number of Topliss-reactive ketones (excluding diaryl/α,β-unsaturated/α-hetero) is 4. The molecule has 0 radical (unpaired) electrons. The van der Waals surface area contributed by atoms with Crippen molar-refractivity contribution in [2.75, 3.05) is 0 Å².